The van der Waals surface area contributed by atoms with Gasteiger partial charge in [-0.25, -0.2) is 0 Å². The van der Waals surface area contributed by atoms with Crippen LogP contribution in [0.2, 0.25) is 0 Å². The maximum absolute atomic E-state index is 12.4. The highest BCUT2D eigenvalue weighted by Crippen LogP contribution is 2.33. The van der Waals surface area contributed by atoms with Crippen molar-refractivity contribution in [1.82, 2.24) is 0 Å². The van der Waals surface area contributed by atoms with Gasteiger partial charge in [0, 0.05) is 18.2 Å². The Morgan fingerprint density at radius 1 is 1.35 bits per heavy atom. The summed E-state index contributed by atoms with van der Waals surface area (Å²) in [5.41, 5.74) is 3.82. The van der Waals surface area contributed by atoms with Crippen molar-refractivity contribution in [3.05, 3.63) is 39.4 Å². The molecule has 8 heteroatoms. The topological polar surface area (TPSA) is 69.2 Å². The van der Waals surface area contributed by atoms with Crippen molar-refractivity contribution < 1.29 is 18.1 Å². The molecule has 2 N–H and O–H groups in total. The van der Waals surface area contributed by atoms with Crippen LogP contribution in [-0.2, 0) is 6.18 Å². The SMILES string of the molecule is C[C@H](N)c1cc([N+](=O)[O-])cc(C(F)(F)F)c1.Cl. The lowest BCUT2D eigenvalue weighted by molar-refractivity contribution is -0.385. The molecule has 0 bridgehead atoms. The molecular weight excluding hydrogens is 261 g/mol. The Labute approximate surface area is 101 Å². The Bertz CT molecular complexity index is 421. The van der Waals surface area contributed by atoms with E-state index in [1.807, 2.05) is 0 Å². The van der Waals surface area contributed by atoms with Crippen LogP contribution in [0.3, 0.4) is 0 Å². The summed E-state index contributed by atoms with van der Waals surface area (Å²) >= 11 is 0. The van der Waals surface area contributed by atoms with Crippen LogP contribution in [-0.4, -0.2) is 4.92 Å². The fourth-order valence-electron chi connectivity index (χ4n) is 1.17. The third-order valence-corrected chi connectivity index (χ3v) is 2.00. The van der Waals surface area contributed by atoms with Crippen LogP contribution >= 0.6 is 12.4 Å². The van der Waals surface area contributed by atoms with E-state index in [0.717, 1.165) is 12.1 Å². The minimum atomic E-state index is -4.62. The Kier molecular flexibility index (Phi) is 4.91. The third kappa shape index (κ3) is 3.86. The Morgan fingerprint density at radius 2 is 1.88 bits per heavy atom. The molecule has 0 aliphatic carbocycles. The van der Waals surface area contributed by atoms with Gasteiger partial charge in [-0.2, -0.15) is 13.2 Å². The van der Waals surface area contributed by atoms with Crippen LogP contribution in [0.15, 0.2) is 18.2 Å². The van der Waals surface area contributed by atoms with E-state index in [1.165, 1.54) is 6.92 Å². The number of hydrogen-bond donors (Lipinski definition) is 1. The van der Waals surface area contributed by atoms with Gasteiger partial charge in [-0.3, -0.25) is 10.1 Å². The van der Waals surface area contributed by atoms with Crippen molar-refractivity contribution in [3.63, 3.8) is 0 Å². The second kappa shape index (κ2) is 5.33. The van der Waals surface area contributed by atoms with Crippen molar-refractivity contribution in [1.29, 1.82) is 0 Å². The molecular formula is C9H10ClF3N2O2. The molecule has 17 heavy (non-hydrogen) atoms. The predicted molar refractivity (Wildman–Crippen MR) is 57.9 cm³/mol. The maximum atomic E-state index is 12.4. The zero-order valence-electron chi connectivity index (χ0n) is 8.69. The average molecular weight is 271 g/mol. The van der Waals surface area contributed by atoms with Crippen LogP contribution in [0.4, 0.5) is 18.9 Å². The number of hydrogen-bond acceptors (Lipinski definition) is 3. The molecule has 0 heterocycles. The van der Waals surface area contributed by atoms with E-state index in [2.05, 4.69) is 0 Å². The van der Waals surface area contributed by atoms with E-state index in [9.17, 15) is 23.3 Å². The van der Waals surface area contributed by atoms with E-state index in [1.54, 1.807) is 0 Å². The van der Waals surface area contributed by atoms with Crippen molar-refractivity contribution in [3.8, 4) is 0 Å². The quantitative estimate of drug-likeness (QED) is 0.663. The van der Waals surface area contributed by atoms with Crippen molar-refractivity contribution in [2.45, 2.75) is 19.1 Å². The zero-order chi connectivity index (χ0) is 12.5. The van der Waals surface area contributed by atoms with E-state index in [-0.39, 0.29) is 18.0 Å². The van der Waals surface area contributed by atoms with Gasteiger partial charge in [-0.05, 0) is 18.6 Å². The molecule has 0 aliphatic heterocycles. The Morgan fingerprint density at radius 3 is 2.24 bits per heavy atom. The first-order chi connectivity index (χ1) is 7.21. The van der Waals surface area contributed by atoms with Gasteiger partial charge in [-0.15, -0.1) is 12.4 Å². The number of halogens is 4. The zero-order valence-corrected chi connectivity index (χ0v) is 9.51. The highest BCUT2D eigenvalue weighted by molar-refractivity contribution is 5.85. The summed E-state index contributed by atoms with van der Waals surface area (Å²) in [6.45, 7) is 1.46. The summed E-state index contributed by atoms with van der Waals surface area (Å²) in [7, 11) is 0. The van der Waals surface area contributed by atoms with Gasteiger partial charge in [0.05, 0.1) is 10.5 Å². The number of rotatable bonds is 2. The first kappa shape index (κ1) is 15.7. The molecule has 4 nitrogen and oxygen atoms in total. The summed E-state index contributed by atoms with van der Waals surface area (Å²) in [4.78, 5) is 9.58. The molecule has 0 saturated heterocycles. The number of non-ortho nitro benzene ring substituents is 1. The van der Waals surface area contributed by atoms with Crippen LogP contribution < -0.4 is 5.73 Å². The summed E-state index contributed by atoms with van der Waals surface area (Å²) in [6.07, 6.45) is -4.62. The second-order valence-corrected chi connectivity index (χ2v) is 3.36. The molecule has 1 rings (SSSR count). The normalized spacial score (nSPS) is 12.8. The molecule has 0 radical (unpaired) electrons. The number of nitro benzene ring substituents is 1. The van der Waals surface area contributed by atoms with Gasteiger partial charge in [-0.1, -0.05) is 0 Å². The highest BCUT2D eigenvalue weighted by Gasteiger charge is 2.32. The largest absolute Gasteiger partial charge is 0.416 e. The first-order valence-electron chi connectivity index (χ1n) is 4.34. The molecule has 0 spiro atoms. The number of nitrogens with zero attached hydrogens (tertiary/aromatic N) is 1. The van der Waals surface area contributed by atoms with E-state index >= 15 is 0 Å². The van der Waals surface area contributed by atoms with Gasteiger partial charge in [0.1, 0.15) is 0 Å². The molecule has 0 unspecified atom stereocenters. The lowest BCUT2D eigenvalue weighted by atomic mass is 10.0. The number of alkyl halides is 3. The third-order valence-electron chi connectivity index (χ3n) is 2.00. The summed E-state index contributed by atoms with van der Waals surface area (Å²) < 4.78 is 37.2. The van der Waals surface area contributed by atoms with Crippen molar-refractivity contribution >= 4 is 18.1 Å². The monoisotopic (exact) mass is 270 g/mol. The standard InChI is InChI=1S/C9H9F3N2O2.ClH/c1-5(13)6-2-7(9(10,11)12)4-8(3-6)14(15)16;/h2-5H,13H2,1H3;1H/t5-;/m0./s1. The number of nitrogens with two attached hydrogens (primary N) is 1. The average Bonchev–Trinajstić information content (AvgIpc) is 2.15. The highest BCUT2D eigenvalue weighted by atomic mass is 35.5. The molecule has 0 fully saturated rings. The fourth-order valence-corrected chi connectivity index (χ4v) is 1.17. The molecule has 1 atom stereocenters. The van der Waals surface area contributed by atoms with Gasteiger partial charge in [0.2, 0.25) is 0 Å². The molecule has 0 aromatic heterocycles. The summed E-state index contributed by atoms with van der Waals surface area (Å²) in [5.74, 6) is 0. The molecule has 0 amide bonds. The molecule has 0 aliphatic rings. The summed E-state index contributed by atoms with van der Waals surface area (Å²) in [6, 6.07) is 1.66. The van der Waals surface area contributed by atoms with E-state index in [4.69, 9.17) is 5.73 Å². The predicted octanol–water partition coefficient (Wildman–Crippen LogP) is 3.06. The van der Waals surface area contributed by atoms with Crippen molar-refractivity contribution in [2.75, 3.05) is 0 Å². The minimum Gasteiger partial charge on any atom is -0.324 e. The molecule has 1 aromatic carbocycles. The smallest absolute Gasteiger partial charge is 0.324 e. The second-order valence-electron chi connectivity index (χ2n) is 3.36. The van der Waals surface area contributed by atoms with E-state index in [0.29, 0.717) is 6.07 Å². The molecule has 0 saturated carbocycles. The maximum Gasteiger partial charge on any atom is 0.416 e. The van der Waals surface area contributed by atoms with Gasteiger partial charge in [0.25, 0.3) is 5.69 Å². The van der Waals surface area contributed by atoms with Crippen LogP contribution in [0.25, 0.3) is 0 Å². The first-order valence-corrected chi connectivity index (χ1v) is 4.34. The van der Waals surface area contributed by atoms with Crippen LogP contribution in [0, 0.1) is 10.1 Å². The lowest BCUT2D eigenvalue weighted by Gasteiger charge is -2.10. The number of nitro groups is 1. The number of benzene rings is 1. The van der Waals surface area contributed by atoms with Gasteiger partial charge >= 0.3 is 6.18 Å². The molecule has 96 valence electrons. The minimum absolute atomic E-state index is 0. The van der Waals surface area contributed by atoms with Crippen LogP contribution in [0.5, 0.6) is 0 Å². The van der Waals surface area contributed by atoms with E-state index < -0.39 is 28.4 Å². The Balaban J connectivity index is 0.00000256. The fraction of sp³-hybridized carbons (Fsp3) is 0.333. The van der Waals surface area contributed by atoms with Crippen molar-refractivity contribution in [2.24, 2.45) is 5.73 Å². The molecule has 1 aromatic rings. The lowest BCUT2D eigenvalue weighted by Crippen LogP contribution is -2.10. The Hall–Kier alpha value is -1.34. The van der Waals surface area contributed by atoms with Gasteiger partial charge in [0.15, 0.2) is 0 Å². The summed E-state index contributed by atoms with van der Waals surface area (Å²) in [5, 5.41) is 10.5. The van der Waals surface area contributed by atoms with Gasteiger partial charge < -0.3 is 5.73 Å². The van der Waals surface area contributed by atoms with Crippen LogP contribution in [0.1, 0.15) is 24.1 Å².